The number of fused-ring (bicyclic) bond motifs is 3. The van der Waals surface area contributed by atoms with Crippen LogP contribution in [0, 0.1) is 0 Å². The largest absolute Gasteiger partial charge is 0.488 e. The fourth-order valence-corrected chi connectivity index (χ4v) is 5.23. The summed E-state index contributed by atoms with van der Waals surface area (Å²) in [6.45, 7) is 0.396. The lowest BCUT2D eigenvalue weighted by molar-refractivity contribution is 0.307. The SMILES string of the molecule is O=c1c2ccccc2nc(-c2ccccc2)n1N=Cc1c(OCc2cccc3ccccc23)ccc2ccccc12. The standard InChI is InChI=1S/C36H25N3O2/c40-36-31-19-8-9-20-33(31)38-35(27-13-2-1-3-14-27)39(36)37-23-32-30-18-7-5-12-26(30)21-22-34(32)41-24-28-16-10-15-25-11-4-6-17-29(25)28/h1-23H,24H2. The third-order valence-electron chi connectivity index (χ3n) is 7.28. The molecule has 0 bridgehead atoms. The van der Waals surface area contributed by atoms with Crippen molar-refractivity contribution >= 4 is 38.7 Å². The minimum atomic E-state index is -0.232. The molecule has 0 amide bonds. The normalized spacial score (nSPS) is 11.5. The van der Waals surface area contributed by atoms with Gasteiger partial charge in [-0.25, -0.2) is 4.98 Å². The van der Waals surface area contributed by atoms with Crippen LogP contribution < -0.4 is 10.3 Å². The van der Waals surface area contributed by atoms with E-state index in [-0.39, 0.29) is 5.56 Å². The molecule has 0 saturated heterocycles. The number of para-hydroxylation sites is 1. The molecule has 0 unspecified atom stereocenters. The molecule has 0 atom stereocenters. The highest BCUT2D eigenvalue weighted by atomic mass is 16.5. The van der Waals surface area contributed by atoms with Gasteiger partial charge in [0.2, 0.25) is 0 Å². The molecule has 0 N–H and O–H groups in total. The third kappa shape index (κ3) is 4.64. The molecule has 0 aliphatic heterocycles. The Morgan fingerprint density at radius 2 is 1.32 bits per heavy atom. The Kier molecular flexibility index (Phi) is 6.30. The second-order valence-electron chi connectivity index (χ2n) is 9.81. The van der Waals surface area contributed by atoms with Crippen molar-refractivity contribution in [2.45, 2.75) is 6.61 Å². The lowest BCUT2D eigenvalue weighted by Crippen LogP contribution is -2.20. The van der Waals surface area contributed by atoms with Crippen LogP contribution in [0.5, 0.6) is 5.75 Å². The van der Waals surface area contributed by atoms with Gasteiger partial charge in [-0.15, -0.1) is 0 Å². The average molecular weight is 532 g/mol. The van der Waals surface area contributed by atoms with Gasteiger partial charge in [0, 0.05) is 11.1 Å². The van der Waals surface area contributed by atoms with Crippen LogP contribution in [-0.2, 0) is 6.61 Å². The highest BCUT2D eigenvalue weighted by molar-refractivity contribution is 6.02. The summed E-state index contributed by atoms with van der Waals surface area (Å²) in [7, 11) is 0. The van der Waals surface area contributed by atoms with Crippen molar-refractivity contribution < 1.29 is 4.74 Å². The summed E-state index contributed by atoms with van der Waals surface area (Å²) in [5, 5.41) is 9.63. The molecule has 7 rings (SSSR count). The van der Waals surface area contributed by atoms with Gasteiger partial charge in [-0.05, 0) is 45.3 Å². The highest BCUT2D eigenvalue weighted by Crippen LogP contribution is 2.29. The molecule has 1 heterocycles. The first kappa shape index (κ1) is 24.5. The van der Waals surface area contributed by atoms with Crippen LogP contribution in [0.1, 0.15) is 11.1 Å². The van der Waals surface area contributed by atoms with Crippen molar-refractivity contribution in [3.05, 3.63) is 155 Å². The van der Waals surface area contributed by atoms with E-state index in [0.717, 1.165) is 32.8 Å². The topological polar surface area (TPSA) is 56.5 Å². The van der Waals surface area contributed by atoms with E-state index in [0.29, 0.717) is 29.1 Å². The van der Waals surface area contributed by atoms with E-state index in [4.69, 9.17) is 14.8 Å². The number of benzene rings is 6. The van der Waals surface area contributed by atoms with Gasteiger partial charge in [-0.1, -0.05) is 115 Å². The summed E-state index contributed by atoms with van der Waals surface area (Å²) in [6.07, 6.45) is 1.71. The molecule has 0 aliphatic carbocycles. The zero-order chi connectivity index (χ0) is 27.6. The van der Waals surface area contributed by atoms with Crippen LogP contribution in [0.4, 0.5) is 0 Å². The van der Waals surface area contributed by atoms with Gasteiger partial charge in [-0.3, -0.25) is 4.79 Å². The van der Waals surface area contributed by atoms with E-state index in [1.807, 2.05) is 97.1 Å². The molecule has 6 aromatic carbocycles. The van der Waals surface area contributed by atoms with Gasteiger partial charge in [0.15, 0.2) is 5.82 Å². The second-order valence-corrected chi connectivity index (χ2v) is 9.81. The van der Waals surface area contributed by atoms with Crippen LogP contribution in [0.2, 0.25) is 0 Å². The third-order valence-corrected chi connectivity index (χ3v) is 7.28. The van der Waals surface area contributed by atoms with Crippen LogP contribution in [0.3, 0.4) is 0 Å². The minimum Gasteiger partial charge on any atom is -0.488 e. The maximum atomic E-state index is 13.7. The smallest absolute Gasteiger partial charge is 0.282 e. The summed E-state index contributed by atoms with van der Waals surface area (Å²) in [4.78, 5) is 18.5. The van der Waals surface area contributed by atoms with Gasteiger partial charge in [-0.2, -0.15) is 9.78 Å². The van der Waals surface area contributed by atoms with Crippen molar-refractivity contribution in [2.75, 3.05) is 0 Å². The van der Waals surface area contributed by atoms with Gasteiger partial charge < -0.3 is 4.74 Å². The molecule has 1 aromatic heterocycles. The summed E-state index contributed by atoms with van der Waals surface area (Å²) in [6, 6.07) is 43.6. The number of aromatic nitrogens is 2. The molecule has 41 heavy (non-hydrogen) atoms. The Bertz CT molecular complexity index is 2130. The molecular formula is C36H25N3O2. The fourth-order valence-electron chi connectivity index (χ4n) is 5.23. The van der Waals surface area contributed by atoms with E-state index in [2.05, 4.69) is 30.3 Å². The molecule has 0 radical (unpaired) electrons. The maximum Gasteiger partial charge on any atom is 0.282 e. The van der Waals surface area contributed by atoms with Crippen LogP contribution in [0.15, 0.2) is 143 Å². The van der Waals surface area contributed by atoms with E-state index in [9.17, 15) is 4.79 Å². The number of nitrogens with zero attached hydrogens (tertiary/aromatic N) is 3. The average Bonchev–Trinajstić information content (AvgIpc) is 3.04. The number of ether oxygens (including phenoxy) is 1. The molecule has 196 valence electrons. The Hall–Kier alpha value is -5.55. The van der Waals surface area contributed by atoms with Crippen LogP contribution >= 0.6 is 0 Å². The summed E-state index contributed by atoms with van der Waals surface area (Å²) in [5.74, 6) is 1.16. The lowest BCUT2D eigenvalue weighted by atomic mass is 10.0. The number of rotatable bonds is 6. The second kappa shape index (κ2) is 10.5. The quantitative estimate of drug-likeness (QED) is 0.206. The first-order valence-corrected chi connectivity index (χ1v) is 13.5. The maximum absolute atomic E-state index is 13.7. The van der Waals surface area contributed by atoms with Gasteiger partial charge in [0.1, 0.15) is 12.4 Å². The number of hydrogen-bond donors (Lipinski definition) is 0. The summed E-state index contributed by atoms with van der Waals surface area (Å²) in [5.41, 5.74) is 3.09. The van der Waals surface area contributed by atoms with Gasteiger partial charge in [0.25, 0.3) is 5.56 Å². The molecular weight excluding hydrogens is 506 g/mol. The predicted octanol–water partition coefficient (Wildman–Crippen LogP) is 7.83. The van der Waals surface area contributed by atoms with Crippen molar-refractivity contribution in [1.29, 1.82) is 0 Å². The summed E-state index contributed by atoms with van der Waals surface area (Å²) < 4.78 is 7.83. The zero-order valence-electron chi connectivity index (χ0n) is 22.1. The molecule has 0 spiro atoms. The number of hydrogen-bond acceptors (Lipinski definition) is 4. The van der Waals surface area contributed by atoms with E-state index < -0.39 is 0 Å². The Morgan fingerprint density at radius 1 is 0.659 bits per heavy atom. The molecule has 7 aromatic rings. The van der Waals surface area contributed by atoms with Crippen molar-refractivity contribution in [3.8, 4) is 17.1 Å². The lowest BCUT2D eigenvalue weighted by Gasteiger charge is -2.14. The molecule has 5 heteroatoms. The van der Waals surface area contributed by atoms with Crippen molar-refractivity contribution in [3.63, 3.8) is 0 Å². The first-order valence-electron chi connectivity index (χ1n) is 13.5. The van der Waals surface area contributed by atoms with Crippen LogP contribution in [-0.4, -0.2) is 15.9 Å². The van der Waals surface area contributed by atoms with E-state index in [1.165, 1.54) is 10.1 Å². The molecule has 5 nitrogen and oxygen atoms in total. The molecule has 0 saturated carbocycles. The monoisotopic (exact) mass is 531 g/mol. The Labute approximate surface area is 236 Å². The highest BCUT2D eigenvalue weighted by Gasteiger charge is 2.14. The van der Waals surface area contributed by atoms with E-state index >= 15 is 0 Å². The van der Waals surface area contributed by atoms with Gasteiger partial charge >= 0.3 is 0 Å². The fraction of sp³-hybridized carbons (Fsp3) is 0.0278. The molecule has 0 fully saturated rings. The van der Waals surface area contributed by atoms with Crippen molar-refractivity contribution in [1.82, 2.24) is 9.66 Å². The van der Waals surface area contributed by atoms with Crippen LogP contribution in [0.25, 0.3) is 43.8 Å². The minimum absolute atomic E-state index is 0.232. The Morgan fingerprint density at radius 3 is 2.15 bits per heavy atom. The predicted molar refractivity (Wildman–Crippen MR) is 167 cm³/mol. The van der Waals surface area contributed by atoms with Gasteiger partial charge in [0.05, 0.1) is 17.1 Å². The summed E-state index contributed by atoms with van der Waals surface area (Å²) >= 11 is 0. The van der Waals surface area contributed by atoms with Crippen molar-refractivity contribution in [2.24, 2.45) is 5.10 Å². The Balaban J connectivity index is 1.36. The van der Waals surface area contributed by atoms with E-state index in [1.54, 1.807) is 12.3 Å². The zero-order valence-corrected chi connectivity index (χ0v) is 22.1. The molecule has 0 aliphatic rings. The first-order chi connectivity index (χ1) is 20.3.